The first-order valence-corrected chi connectivity index (χ1v) is 12.1. The van der Waals surface area contributed by atoms with Gasteiger partial charge in [-0.2, -0.15) is 5.10 Å². The number of carbonyl (C=O) groups excluding carboxylic acids is 2. The molecule has 1 aromatic heterocycles. The highest BCUT2D eigenvalue weighted by Gasteiger charge is 2.30. The highest BCUT2D eigenvalue weighted by atomic mass is 32.2. The van der Waals surface area contributed by atoms with E-state index in [0.717, 1.165) is 53.3 Å². The van der Waals surface area contributed by atoms with Gasteiger partial charge in [-0.05, 0) is 50.5 Å². The Morgan fingerprint density at radius 2 is 1.88 bits per heavy atom. The normalized spacial score (nSPS) is 15.1. The standard InChI is InChI=1S/C25H25N3O3S/c1-2-31-25(30)22-20-16-32-21-12-5-4-11-19(21)23(20)28(26-22)18-10-8-9-17(15-18)24(29)27-13-6-3-7-14-27/h4-5,8-12,15H,2-3,6-7,13-14,16H2,1H3. The predicted octanol–water partition coefficient (Wildman–Crippen LogP) is 4.95. The van der Waals surface area contributed by atoms with E-state index in [2.05, 4.69) is 12.1 Å². The fourth-order valence-electron chi connectivity index (χ4n) is 4.40. The Bertz CT molecular complexity index is 1180. The van der Waals surface area contributed by atoms with Crippen LogP contribution in [-0.4, -0.2) is 46.3 Å². The molecule has 2 aliphatic rings. The molecular formula is C25H25N3O3S. The van der Waals surface area contributed by atoms with E-state index < -0.39 is 5.97 Å². The number of esters is 1. The van der Waals surface area contributed by atoms with Crippen molar-refractivity contribution in [1.82, 2.24) is 14.7 Å². The lowest BCUT2D eigenvalue weighted by Gasteiger charge is -2.27. The number of aromatic nitrogens is 2. The van der Waals surface area contributed by atoms with Crippen molar-refractivity contribution in [2.24, 2.45) is 0 Å². The second-order valence-corrected chi connectivity index (χ2v) is 9.01. The van der Waals surface area contributed by atoms with Crippen LogP contribution in [0.1, 0.15) is 52.6 Å². The fourth-order valence-corrected chi connectivity index (χ4v) is 5.47. The second kappa shape index (κ2) is 8.82. The van der Waals surface area contributed by atoms with Gasteiger partial charge in [0.05, 0.1) is 18.0 Å². The van der Waals surface area contributed by atoms with E-state index in [1.807, 2.05) is 41.3 Å². The number of hydrogen-bond donors (Lipinski definition) is 0. The molecule has 164 valence electrons. The Morgan fingerprint density at radius 3 is 2.69 bits per heavy atom. The number of thioether (sulfide) groups is 1. The summed E-state index contributed by atoms with van der Waals surface area (Å²) in [6.45, 7) is 3.70. The number of ether oxygens (including phenoxy) is 1. The van der Waals surface area contributed by atoms with Gasteiger partial charge in [-0.1, -0.05) is 24.3 Å². The molecule has 0 unspecified atom stereocenters. The third kappa shape index (κ3) is 3.71. The van der Waals surface area contributed by atoms with Crippen molar-refractivity contribution in [3.63, 3.8) is 0 Å². The third-order valence-corrected chi connectivity index (χ3v) is 7.05. The van der Waals surface area contributed by atoms with Crippen molar-refractivity contribution in [3.8, 4) is 16.9 Å². The average molecular weight is 448 g/mol. The SMILES string of the molecule is CCOC(=O)c1nn(-c2cccc(C(=O)N3CCCCC3)c2)c2c1CSc1ccccc1-2. The number of likely N-dealkylation sites (tertiary alicyclic amines) is 1. The molecule has 0 radical (unpaired) electrons. The van der Waals surface area contributed by atoms with Crippen molar-refractivity contribution in [1.29, 1.82) is 0 Å². The maximum atomic E-state index is 13.1. The number of hydrogen-bond acceptors (Lipinski definition) is 5. The lowest BCUT2D eigenvalue weighted by atomic mass is 10.0. The molecule has 32 heavy (non-hydrogen) atoms. The van der Waals surface area contributed by atoms with Crippen molar-refractivity contribution in [2.75, 3.05) is 19.7 Å². The summed E-state index contributed by atoms with van der Waals surface area (Å²) in [5, 5.41) is 4.70. The number of carbonyl (C=O) groups is 2. The smallest absolute Gasteiger partial charge is 0.359 e. The molecule has 0 saturated carbocycles. The maximum Gasteiger partial charge on any atom is 0.359 e. The monoisotopic (exact) mass is 447 g/mol. The summed E-state index contributed by atoms with van der Waals surface area (Å²) >= 11 is 1.69. The topological polar surface area (TPSA) is 64.4 Å². The largest absolute Gasteiger partial charge is 0.461 e. The first-order chi connectivity index (χ1) is 15.7. The number of amides is 1. The highest BCUT2D eigenvalue weighted by Crippen LogP contribution is 2.43. The van der Waals surface area contributed by atoms with Gasteiger partial charge in [-0.15, -0.1) is 11.8 Å². The van der Waals surface area contributed by atoms with Crippen LogP contribution in [0.15, 0.2) is 53.4 Å². The van der Waals surface area contributed by atoms with Gasteiger partial charge in [-0.3, -0.25) is 4.79 Å². The van der Waals surface area contributed by atoms with Gasteiger partial charge in [0.2, 0.25) is 0 Å². The molecule has 2 aliphatic heterocycles. The Labute approximate surface area is 191 Å². The van der Waals surface area contributed by atoms with Crippen LogP contribution >= 0.6 is 11.8 Å². The number of rotatable bonds is 4. The summed E-state index contributed by atoms with van der Waals surface area (Å²) < 4.78 is 7.09. The summed E-state index contributed by atoms with van der Waals surface area (Å²) in [6, 6.07) is 15.7. The van der Waals surface area contributed by atoms with Crippen molar-refractivity contribution in [3.05, 3.63) is 65.4 Å². The molecule has 0 spiro atoms. The molecule has 0 N–H and O–H groups in total. The van der Waals surface area contributed by atoms with E-state index in [9.17, 15) is 9.59 Å². The van der Waals surface area contributed by atoms with Crippen molar-refractivity contribution >= 4 is 23.6 Å². The molecule has 7 heteroatoms. The first kappa shape index (κ1) is 20.8. The molecule has 1 amide bonds. The number of fused-ring (bicyclic) bond motifs is 3. The summed E-state index contributed by atoms with van der Waals surface area (Å²) in [4.78, 5) is 28.9. The summed E-state index contributed by atoms with van der Waals surface area (Å²) in [5.74, 6) is 0.282. The van der Waals surface area contributed by atoms with Crippen LogP contribution in [0, 0.1) is 0 Å². The maximum absolute atomic E-state index is 13.1. The number of nitrogens with zero attached hydrogens (tertiary/aromatic N) is 3. The van der Waals surface area contributed by atoms with E-state index in [-0.39, 0.29) is 5.91 Å². The van der Waals surface area contributed by atoms with Crippen LogP contribution in [-0.2, 0) is 10.5 Å². The Kier molecular flexibility index (Phi) is 5.74. The van der Waals surface area contributed by atoms with Crippen LogP contribution in [0.5, 0.6) is 0 Å². The number of piperidine rings is 1. The van der Waals surface area contributed by atoms with Crippen LogP contribution < -0.4 is 0 Å². The minimum atomic E-state index is -0.414. The van der Waals surface area contributed by atoms with Gasteiger partial charge in [0.1, 0.15) is 0 Å². The average Bonchev–Trinajstić information content (AvgIpc) is 3.25. The molecular weight excluding hydrogens is 422 g/mol. The minimum absolute atomic E-state index is 0.0501. The predicted molar refractivity (Wildman–Crippen MR) is 124 cm³/mol. The van der Waals surface area contributed by atoms with E-state index in [0.29, 0.717) is 23.6 Å². The van der Waals surface area contributed by atoms with Gasteiger partial charge < -0.3 is 9.64 Å². The van der Waals surface area contributed by atoms with Crippen LogP contribution in [0.2, 0.25) is 0 Å². The van der Waals surface area contributed by atoms with Gasteiger partial charge in [0.15, 0.2) is 5.69 Å². The van der Waals surface area contributed by atoms with E-state index >= 15 is 0 Å². The molecule has 3 aromatic rings. The lowest BCUT2D eigenvalue weighted by molar-refractivity contribution is 0.0517. The quantitative estimate of drug-likeness (QED) is 0.530. The zero-order chi connectivity index (χ0) is 22.1. The molecule has 0 atom stereocenters. The van der Waals surface area contributed by atoms with Gasteiger partial charge >= 0.3 is 5.97 Å². The summed E-state index contributed by atoms with van der Waals surface area (Å²) in [5.41, 5.74) is 4.56. The molecule has 1 fully saturated rings. The molecule has 0 aliphatic carbocycles. The minimum Gasteiger partial charge on any atom is -0.461 e. The number of benzene rings is 2. The molecule has 1 saturated heterocycles. The van der Waals surface area contributed by atoms with Crippen LogP contribution in [0.25, 0.3) is 16.9 Å². The molecule has 0 bridgehead atoms. The van der Waals surface area contributed by atoms with Crippen molar-refractivity contribution < 1.29 is 14.3 Å². The fraction of sp³-hybridized carbons (Fsp3) is 0.320. The second-order valence-electron chi connectivity index (χ2n) is 8.00. The Balaban J connectivity index is 1.61. The third-order valence-electron chi connectivity index (χ3n) is 5.95. The van der Waals surface area contributed by atoms with E-state index in [4.69, 9.17) is 9.84 Å². The zero-order valence-corrected chi connectivity index (χ0v) is 18.9. The molecule has 2 aromatic carbocycles. The van der Waals surface area contributed by atoms with Gasteiger partial charge in [-0.25, -0.2) is 9.48 Å². The summed E-state index contributed by atoms with van der Waals surface area (Å²) in [7, 11) is 0. The van der Waals surface area contributed by atoms with Gasteiger partial charge in [0.25, 0.3) is 5.91 Å². The Morgan fingerprint density at radius 1 is 1.06 bits per heavy atom. The van der Waals surface area contributed by atoms with E-state index in [1.165, 1.54) is 6.42 Å². The highest BCUT2D eigenvalue weighted by molar-refractivity contribution is 7.98. The molecule has 5 rings (SSSR count). The molecule has 6 nitrogen and oxygen atoms in total. The lowest BCUT2D eigenvalue weighted by Crippen LogP contribution is -2.35. The zero-order valence-electron chi connectivity index (χ0n) is 18.0. The first-order valence-electron chi connectivity index (χ1n) is 11.1. The van der Waals surface area contributed by atoms with Crippen LogP contribution in [0.3, 0.4) is 0 Å². The van der Waals surface area contributed by atoms with E-state index in [1.54, 1.807) is 23.4 Å². The van der Waals surface area contributed by atoms with Crippen LogP contribution in [0.4, 0.5) is 0 Å². The molecule has 3 heterocycles. The van der Waals surface area contributed by atoms with Crippen molar-refractivity contribution in [2.45, 2.75) is 36.8 Å². The summed E-state index contributed by atoms with van der Waals surface area (Å²) in [6.07, 6.45) is 3.28. The Hall–Kier alpha value is -3.06. The van der Waals surface area contributed by atoms with Gasteiger partial charge in [0, 0.05) is 40.4 Å².